The molecule has 3 fully saturated rings. The van der Waals surface area contributed by atoms with Crippen LogP contribution >= 0.6 is 11.3 Å². The minimum absolute atomic E-state index is 0.0171. The lowest BCUT2D eigenvalue weighted by molar-refractivity contribution is -0.125. The van der Waals surface area contributed by atoms with Crippen molar-refractivity contribution in [2.45, 2.75) is 50.5 Å². The predicted molar refractivity (Wildman–Crippen MR) is 166 cm³/mol. The summed E-state index contributed by atoms with van der Waals surface area (Å²) < 4.78 is 5.55. The first kappa shape index (κ1) is 28.9. The Hall–Kier alpha value is -3.24. The molecule has 4 aliphatic rings. The van der Waals surface area contributed by atoms with Gasteiger partial charge in [0.2, 0.25) is 5.91 Å². The summed E-state index contributed by atoms with van der Waals surface area (Å²) in [6, 6.07) is 6.85. The fraction of sp³-hybridized carbons (Fsp3) is 0.600. The molecule has 0 spiro atoms. The first-order valence-electron chi connectivity index (χ1n) is 15.1. The van der Waals surface area contributed by atoms with E-state index in [0.29, 0.717) is 28.7 Å². The van der Waals surface area contributed by atoms with Gasteiger partial charge in [-0.25, -0.2) is 4.98 Å². The van der Waals surface area contributed by atoms with Crippen LogP contribution in [0.25, 0.3) is 0 Å². The third kappa shape index (κ3) is 5.58. The van der Waals surface area contributed by atoms with E-state index in [2.05, 4.69) is 37.5 Å². The highest BCUT2D eigenvalue weighted by atomic mass is 32.1. The predicted octanol–water partition coefficient (Wildman–Crippen LogP) is 2.04. The number of piperazine rings is 1. The topological polar surface area (TPSA) is 147 Å². The summed E-state index contributed by atoms with van der Waals surface area (Å²) in [5.41, 5.74) is 7.84. The number of carbonyl (C=O) groups is 1. The molecule has 42 heavy (non-hydrogen) atoms. The van der Waals surface area contributed by atoms with Crippen LogP contribution in [0.1, 0.15) is 54.3 Å². The van der Waals surface area contributed by atoms with Gasteiger partial charge in [-0.05, 0) is 45.1 Å². The highest BCUT2D eigenvalue weighted by Gasteiger charge is 2.43. The molecule has 12 heteroatoms. The molecular formula is C30H41N9O2S. The Morgan fingerprint density at radius 2 is 1.93 bits per heavy atom. The number of fused-ring (bicyclic) bond motifs is 1. The summed E-state index contributed by atoms with van der Waals surface area (Å²) in [5, 5.41) is 25.6. The van der Waals surface area contributed by atoms with Gasteiger partial charge in [-0.1, -0.05) is 0 Å². The number of pyridine rings is 1. The molecule has 2 aromatic rings. The molecule has 3 saturated heterocycles. The number of aromatic nitrogens is 1. The van der Waals surface area contributed by atoms with Crippen molar-refractivity contribution in [3.63, 3.8) is 0 Å². The number of amidine groups is 1. The molecule has 1 aliphatic carbocycles. The maximum absolute atomic E-state index is 13.8. The molecule has 224 valence electrons. The minimum Gasteiger partial charge on any atom is -0.389 e. The Morgan fingerprint density at radius 3 is 2.64 bits per heavy atom. The first-order valence-corrected chi connectivity index (χ1v) is 16.0. The number of carbonyl (C=O) groups excluding carboxylic acids is 1. The highest BCUT2D eigenvalue weighted by molar-refractivity contribution is 7.16. The van der Waals surface area contributed by atoms with Crippen LogP contribution in [-0.4, -0.2) is 93.2 Å². The number of aryl methyl sites for hydroxylation is 1. The molecule has 0 aromatic carbocycles. The average molecular weight is 592 g/mol. The number of anilines is 3. The van der Waals surface area contributed by atoms with Crippen molar-refractivity contribution in [1.29, 1.82) is 10.7 Å². The maximum Gasteiger partial charge on any atom is 0.236 e. The lowest BCUT2D eigenvalue weighted by Gasteiger charge is -2.40. The van der Waals surface area contributed by atoms with E-state index in [-0.39, 0.29) is 11.7 Å². The number of amides is 1. The number of piperidine rings is 1. The number of nitriles is 1. The Labute approximate surface area is 251 Å². The second kappa shape index (κ2) is 12.2. The van der Waals surface area contributed by atoms with Gasteiger partial charge in [-0.15, -0.1) is 11.3 Å². The third-order valence-corrected chi connectivity index (χ3v) is 10.5. The number of thiophene rings is 1. The van der Waals surface area contributed by atoms with E-state index in [9.17, 15) is 10.1 Å². The van der Waals surface area contributed by atoms with E-state index in [4.69, 9.17) is 20.9 Å². The van der Waals surface area contributed by atoms with Crippen molar-refractivity contribution in [1.82, 2.24) is 20.5 Å². The van der Waals surface area contributed by atoms with Crippen LogP contribution in [0.4, 0.5) is 16.5 Å². The molecule has 2 aromatic heterocycles. The Morgan fingerprint density at radius 1 is 1.19 bits per heavy atom. The standard InChI is InChI=1S/C30H41N9O2S/c1-30(6-2-3-24-26(30)22(19-31)28(33)42-24)29(40)36-27(32)23-17-21(37-11-7-34-8-12-37)18-25(35-23)39-9-4-20(5-10-39)38-13-15-41-16-14-38/h17-18,20,34H,2-16,33H2,1H3,(H2,32,36,40). The lowest BCUT2D eigenvalue weighted by atomic mass is 9.72. The zero-order valence-electron chi connectivity index (χ0n) is 24.4. The number of nitrogens with zero attached hydrogens (tertiary/aromatic N) is 5. The van der Waals surface area contributed by atoms with E-state index in [1.54, 1.807) is 0 Å². The lowest BCUT2D eigenvalue weighted by Crippen LogP contribution is -2.49. The highest BCUT2D eigenvalue weighted by Crippen LogP contribution is 2.45. The Bertz CT molecular complexity index is 1370. The Kier molecular flexibility index (Phi) is 8.36. The Balaban J connectivity index is 1.24. The van der Waals surface area contributed by atoms with Crippen LogP contribution in [0.5, 0.6) is 0 Å². The first-order chi connectivity index (χ1) is 20.4. The van der Waals surface area contributed by atoms with Crippen LogP contribution < -0.4 is 26.2 Å². The monoisotopic (exact) mass is 591 g/mol. The molecule has 0 radical (unpaired) electrons. The molecule has 1 unspecified atom stereocenters. The largest absolute Gasteiger partial charge is 0.389 e. The van der Waals surface area contributed by atoms with Crippen molar-refractivity contribution in [2.75, 3.05) is 81.1 Å². The van der Waals surface area contributed by atoms with Crippen molar-refractivity contribution >= 4 is 39.6 Å². The van der Waals surface area contributed by atoms with Crippen molar-refractivity contribution in [3.05, 3.63) is 33.8 Å². The summed E-state index contributed by atoms with van der Waals surface area (Å²) in [7, 11) is 0. The summed E-state index contributed by atoms with van der Waals surface area (Å²) >= 11 is 1.40. The van der Waals surface area contributed by atoms with Gasteiger partial charge in [-0.2, -0.15) is 5.26 Å². The average Bonchev–Trinajstić information content (AvgIpc) is 3.38. The van der Waals surface area contributed by atoms with Gasteiger partial charge in [0.05, 0.1) is 24.2 Å². The van der Waals surface area contributed by atoms with Crippen molar-refractivity contribution < 1.29 is 9.53 Å². The molecule has 1 amide bonds. The van der Waals surface area contributed by atoms with E-state index >= 15 is 0 Å². The van der Waals surface area contributed by atoms with Crippen LogP contribution in [-0.2, 0) is 21.4 Å². The number of rotatable bonds is 5. The van der Waals surface area contributed by atoms with Gasteiger partial charge in [-0.3, -0.25) is 15.1 Å². The molecule has 5 heterocycles. The number of morpholine rings is 1. The molecule has 11 nitrogen and oxygen atoms in total. The molecule has 5 N–H and O–H groups in total. The molecule has 0 saturated carbocycles. The smallest absolute Gasteiger partial charge is 0.236 e. The van der Waals surface area contributed by atoms with Gasteiger partial charge < -0.3 is 30.9 Å². The summed E-state index contributed by atoms with van der Waals surface area (Å²) in [4.78, 5) is 27.0. The number of nitrogens with two attached hydrogens (primary N) is 1. The third-order valence-electron chi connectivity index (χ3n) is 9.38. The van der Waals surface area contributed by atoms with Crippen molar-refractivity contribution in [3.8, 4) is 6.07 Å². The fourth-order valence-corrected chi connectivity index (χ4v) is 8.13. The summed E-state index contributed by atoms with van der Waals surface area (Å²) in [6.45, 7) is 10.8. The molecule has 1 atom stereocenters. The molecule has 6 rings (SSSR count). The van der Waals surface area contributed by atoms with E-state index in [0.717, 1.165) is 113 Å². The van der Waals surface area contributed by atoms with Crippen LogP contribution in [0, 0.1) is 16.7 Å². The molecular weight excluding hydrogens is 550 g/mol. The number of nitrogen functional groups attached to an aromatic ring is 1. The van der Waals surface area contributed by atoms with E-state index in [1.165, 1.54) is 11.3 Å². The second-order valence-electron chi connectivity index (χ2n) is 11.9. The van der Waals surface area contributed by atoms with E-state index < -0.39 is 5.41 Å². The maximum atomic E-state index is 13.8. The van der Waals surface area contributed by atoms with Crippen LogP contribution in [0.3, 0.4) is 0 Å². The summed E-state index contributed by atoms with van der Waals surface area (Å²) in [5.74, 6) is 0.547. The molecule has 0 bridgehead atoms. The van der Waals surface area contributed by atoms with E-state index in [1.807, 2.05) is 13.0 Å². The summed E-state index contributed by atoms with van der Waals surface area (Å²) in [6.07, 6.45) is 4.37. The quantitative estimate of drug-likeness (QED) is 0.303. The minimum atomic E-state index is -0.931. The zero-order valence-corrected chi connectivity index (χ0v) is 25.2. The van der Waals surface area contributed by atoms with Crippen molar-refractivity contribution in [2.24, 2.45) is 0 Å². The van der Waals surface area contributed by atoms with Gasteiger partial charge >= 0.3 is 0 Å². The van der Waals surface area contributed by atoms with Gasteiger partial charge in [0.1, 0.15) is 22.6 Å². The second-order valence-corrected chi connectivity index (χ2v) is 13.1. The number of hydrogen-bond donors (Lipinski definition) is 4. The van der Waals surface area contributed by atoms with Crippen LogP contribution in [0.15, 0.2) is 12.1 Å². The number of hydrogen-bond acceptors (Lipinski definition) is 11. The van der Waals surface area contributed by atoms with Gasteiger partial charge in [0.15, 0.2) is 5.84 Å². The van der Waals surface area contributed by atoms with Gasteiger partial charge in [0.25, 0.3) is 0 Å². The number of ether oxygens (including phenoxy) is 1. The fourth-order valence-electron chi connectivity index (χ4n) is 6.94. The normalized spacial score (nSPS) is 23.7. The SMILES string of the molecule is CC1(C(=O)NC(=N)c2cc(N3CCNCC3)cc(N3CCC(N4CCOCC4)CC3)n2)CCCc2sc(N)c(C#N)c21. The molecule has 3 aliphatic heterocycles. The van der Waals surface area contributed by atoms with Gasteiger partial charge in [0, 0.05) is 80.6 Å². The number of nitrogens with one attached hydrogen (secondary N) is 3. The zero-order chi connectivity index (χ0) is 29.3. The van der Waals surface area contributed by atoms with Crippen LogP contribution in [0.2, 0.25) is 0 Å².